The topological polar surface area (TPSA) is 79.4 Å². The minimum Gasteiger partial charge on any atom is -0.354 e. The summed E-state index contributed by atoms with van der Waals surface area (Å²) in [5.41, 5.74) is 3.32. The number of anilines is 2. The third-order valence-corrected chi connectivity index (χ3v) is 6.68. The van der Waals surface area contributed by atoms with Gasteiger partial charge in [-0.25, -0.2) is 13.4 Å². The number of nitrogens with one attached hydrogen (secondary N) is 1. The number of carbonyl (C=O) groups is 1. The molecule has 1 saturated heterocycles. The van der Waals surface area contributed by atoms with Gasteiger partial charge >= 0.3 is 0 Å². The lowest BCUT2D eigenvalue weighted by Gasteiger charge is -2.23. The first-order chi connectivity index (χ1) is 12.7. The van der Waals surface area contributed by atoms with Crippen molar-refractivity contribution in [3.8, 4) is 0 Å². The predicted octanol–water partition coefficient (Wildman–Crippen LogP) is 3.21. The summed E-state index contributed by atoms with van der Waals surface area (Å²) in [6.45, 7) is 4.31. The van der Waals surface area contributed by atoms with Gasteiger partial charge in [-0.2, -0.15) is 0 Å². The second-order valence-corrected chi connectivity index (χ2v) is 9.54. The van der Waals surface area contributed by atoms with Crippen LogP contribution in [0.1, 0.15) is 42.2 Å². The van der Waals surface area contributed by atoms with Crippen molar-refractivity contribution in [2.45, 2.75) is 32.2 Å². The maximum atomic E-state index is 12.6. The van der Waals surface area contributed by atoms with Crippen molar-refractivity contribution < 1.29 is 13.2 Å². The average Bonchev–Trinajstić information content (AvgIpc) is 3.01. The molecule has 0 bridgehead atoms. The molecule has 1 atom stereocenters. The highest BCUT2D eigenvalue weighted by atomic mass is 32.2. The van der Waals surface area contributed by atoms with Crippen molar-refractivity contribution in [2.24, 2.45) is 0 Å². The van der Waals surface area contributed by atoms with Crippen LogP contribution in [0.15, 0.2) is 42.6 Å². The molecule has 0 radical (unpaired) electrons. The number of benzene rings is 1. The molecule has 2 aromatic rings. The fraction of sp³-hybridized carbons (Fsp3) is 0.400. The fourth-order valence-electron chi connectivity index (χ4n) is 3.14. The number of sulfone groups is 1. The van der Waals surface area contributed by atoms with E-state index in [4.69, 9.17) is 0 Å². The van der Waals surface area contributed by atoms with Crippen molar-refractivity contribution in [3.05, 3.63) is 53.9 Å². The molecule has 2 heterocycles. The highest BCUT2D eigenvalue weighted by Gasteiger charge is 2.33. The number of pyridine rings is 1. The number of amides is 1. The van der Waals surface area contributed by atoms with Gasteiger partial charge in [0.15, 0.2) is 9.84 Å². The van der Waals surface area contributed by atoms with Crippen molar-refractivity contribution in [3.63, 3.8) is 0 Å². The molecule has 1 amide bonds. The van der Waals surface area contributed by atoms with Crippen molar-refractivity contribution in [1.29, 1.82) is 0 Å². The van der Waals surface area contributed by atoms with Gasteiger partial charge in [0.05, 0.1) is 23.4 Å². The van der Waals surface area contributed by atoms with E-state index in [9.17, 15) is 13.2 Å². The number of hydrogen-bond acceptors (Lipinski definition) is 5. The molecule has 1 aliphatic rings. The molecule has 1 aliphatic heterocycles. The van der Waals surface area contributed by atoms with E-state index in [1.807, 2.05) is 12.1 Å². The first-order valence-corrected chi connectivity index (χ1v) is 10.9. The SMILES string of the molecule is CC(C)c1ccc(Nc2ccc(C(=O)N(C)C3CCS(=O)(=O)C3)nc2)cc1. The minimum atomic E-state index is -3.03. The summed E-state index contributed by atoms with van der Waals surface area (Å²) in [5, 5.41) is 3.26. The molecule has 1 N–H and O–H groups in total. The molecule has 1 fully saturated rings. The van der Waals surface area contributed by atoms with Gasteiger partial charge in [0, 0.05) is 18.8 Å². The van der Waals surface area contributed by atoms with Crippen LogP contribution in [0.2, 0.25) is 0 Å². The van der Waals surface area contributed by atoms with Gasteiger partial charge in [-0.3, -0.25) is 4.79 Å². The number of nitrogens with zero attached hydrogens (tertiary/aromatic N) is 2. The fourth-order valence-corrected chi connectivity index (χ4v) is 4.91. The van der Waals surface area contributed by atoms with Crippen LogP contribution in [-0.4, -0.2) is 48.8 Å². The lowest BCUT2D eigenvalue weighted by molar-refractivity contribution is 0.0742. The van der Waals surface area contributed by atoms with Gasteiger partial charge in [-0.15, -0.1) is 0 Å². The average molecular weight is 388 g/mol. The monoisotopic (exact) mass is 387 g/mol. The quantitative estimate of drug-likeness (QED) is 0.852. The molecule has 0 saturated carbocycles. The zero-order valence-corrected chi connectivity index (χ0v) is 16.7. The normalized spacial score (nSPS) is 18.4. The lowest BCUT2D eigenvalue weighted by atomic mass is 10.0. The first-order valence-electron chi connectivity index (χ1n) is 9.06. The number of aromatic nitrogens is 1. The first kappa shape index (κ1) is 19.4. The Hall–Kier alpha value is -2.41. The van der Waals surface area contributed by atoms with Gasteiger partial charge in [-0.1, -0.05) is 26.0 Å². The molecule has 0 aliphatic carbocycles. The van der Waals surface area contributed by atoms with Crippen LogP contribution in [0.5, 0.6) is 0 Å². The van der Waals surface area contributed by atoms with Crippen molar-refractivity contribution in [1.82, 2.24) is 9.88 Å². The Balaban J connectivity index is 1.65. The van der Waals surface area contributed by atoms with Crippen LogP contribution in [0.3, 0.4) is 0 Å². The van der Waals surface area contributed by atoms with E-state index < -0.39 is 9.84 Å². The summed E-state index contributed by atoms with van der Waals surface area (Å²) < 4.78 is 23.2. The molecule has 7 heteroatoms. The third kappa shape index (κ3) is 4.66. The highest BCUT2D eigenvalue weighted by Crippen LogP contribution is 2.21. The standard InChI is InChI=1S/C20H25N3O3S/c1-14(2)15-4-6-16(7-5-15)22-17-8-9-19(21-12-17)20(24)23(3)18-10-11-27(25,26)13-18/h4-9,12,14,18,22H,10-11,13H2,1-3H3. The van der Waals surface area contributed by atoms with Crippen LogP contribution in [0.25, 0.3) is 0 Å². The summed E-state index contributed by atoms with van der Waals surface area (Å²) in [5.74, 6) is 0.394. The largest absolute Gasteiger partial charge is 0.354 e. The van der Waals surface area contributed by atoms with Crippen LogP contribution < -0.4 is 5.32 Å². The molecular formula is C20H25N3O3S. The number of hydrogen-bond donors (Lipinski definition) is 1. The van der Waals surface area contributed by atoms with Gasteiger partial charge in [0.2, 0.25) is 0 Å². The maximum Gasteiger partial charge on any atom is 0.272 e. The molecule has 27 heavy (non-hydrogen) atoms. The Morgan fingerprint density at radius 3 is 2.33 bits per heavy atom. The van der Waals surface area contributed by atoms with E-state index in [1.165, 1.54) is 10.5 Å². The van der Waals surface area contributed by atoms with Crippen LogP contribution >= 0.6 is 0 Å². The summed E-state index contributed by atoms with van der Waals surface area (Å²) in [4.78, 5) is 18.3. The van der Waals surface area contributed by atoms with Gasteiger partial charge in [-0.05, 0) is 42.2 Å². The Morgan fingerprint density at radius 1 is 1.15 bits per heavy atom. The van der Waals surface area contributed by atoms with E-state index in [0.29, 0.717) is 18.0 Å². The lowest BCUT2D eigenvalue weighted by Crippen LogP contribution is -2.38. The molecule has 6 nitrogen and oxygen atoms in total. The van der Waals surface area contributed by atoms with Gasteiger partial charge in [0.1, 0.15) is 5.69 Å². The molecular weight excluding hydrogens is 362 g/mol. The van der Waals surface area contributed by atoms with Gasteiger partial charge in [0.25, 0.3) is 5.91 Å². The molecule has 1 unspecified atom stereocenters. The van der Waals surface area contributed by atoms with Crippen LogP contribution in [0, 0.1) is 0 Å². The molecule has 1 aromatic heterocycles. The zero-order valence-electron chi connectivity index (χ0n) is 15.8. The minimum absolute atomic E-state index is 0.0290. The zero-order chi connectivity index (χ0) is 19.6. The van der Waals surface area contributed by atoms with E-state index in [1.54, 1.807) is 25.4 Å². The molecule has 0 spiro atoms. The summed E-state index contributed by atoms with van der Waals surface area (Å²) >= 11 is 0. The second kappa shape index (κ2) is 7.68. The van der Waals surface area contributed by atoms with E-state index in [2.05, 4.69) is 36.3 Å². The summed E-state index contributed by atoms with van der Waals surface area (Å²) in [6, 6.07) is 11.4. The highest BCUT2D eigenvalue weighted by molar-refractivity contribution is 7.91. The smallest absolute Gasteiger partial charge is 0.272 e. The third-order valence-electron chi connectivity index (χ3n) is 4.93. The van der Waals surface area contributed by atoms with E-state index in [-0.39, 0.29) is 23.5 Å². The van der Waals surface area contributed by atoms with E-state index >= 15 is 0 Å². The van der Waals surface area contributed by atoms with E-state index in [0.717, 1.165) is 11.4 Å². The second-order valence-electron chi connectivity index (χ2n) is 7.31. The molecule has 144 valence electrons. The number of carbonyl (C=O) groups excluding carboxylic acids is 1. The Kier molecular flexibility index (Phi) is 5.51. The Bertz CT molecular complexity index is 906. The summed E-state index contributed by atoms with van der Waals surface area (Å²) in [7, 11) is -1.39. The predicted molar refractivity (Wildman–Crippen MR) is 107 cm³/mol. The number of rotatable bonds is 5. The Labute approximate surface area is 160 Å². The maximum absolute atomic E-state index is 12.6. The molecule has 3 rings (SSSR count). The van der Waals surface area contributed by atoms with Crippen LogP contribution in [0.4, 0.5) is 11.4 Å². The van der Waals surface area contributed by atoms with Crippen molar-refractivity contribution >= 4 is 27.1 Å². The van der Waals surface area contributed by atoms with Gasteiger partial charge < -0.3 is 10.2 Å². The molecule has 1 aromatic carbocycles. The summed E-state index contributed by atoms with van der Waals surface area (Å²) in [6.07, 6.45) is 2.10. The van der Waals surface area contributed by atoms with Crippen molar-refractivity contribution in [2.75, 3.05) is 23.9 Å². The Morgan fingerprint density at radius 2 is 1.81 bits per heavy atom. The van der Waals surface area contributed by atoms with Crippen LogP contribution in [-0.2, 0) is 9.84 Å².